The molecule has 2 saturated heterocycles. The topological polar surface area (TPSA) is 154 Å². The quantitative estimate of drug-likeness (QED) is 0.0803. The summed E-state index contributed by atoms with van der Waals surface area (Å²) in [6.45, 7) is 7.90. The van der Waals surface area contributed by atoms with Gasteiger partial charge in [-0.1, -0.05) is 48.5 Å². The minimum atomic E-state index is 0.124. The molecular formula is C50H48Cl2N6O4. The number of aromatic nitrogens is 2. The lowest BCUT2D eigenvalue weighted by atomic mass is 9.82. The van der Waals surface area contributed by atoms with Crippen LogP contribution in [-0.2, 0) is 10.8 Å². The van der Waals surface area contributed by atoms with Crippen LogP contribution in [0.5, 0.6) is 11.5 Å². The maximum atomic E-state index is 11.9. The number of piperidine rings is 2. The monoisotopic (exact) mass is 866 g/mol. The van der Waals surface area contributed by atoms with Gasteiger partial charge >= 0.3 is 0 Å². The van der Waals surface area contributed by atoms with E-state index in [1.165, 1.54) is 40.7 Å². The number of halogens is 2. The second-order valence-corrected chi connectivity index (χ2v) is 18.7. The molecule has 8 aliphatic rings. The van der Waals surface area contributed by atoms with E-state index in [2.05, 4.69) is 44.2 Å². The Morgan fingerprint density at radius 2 is 1.26 bits per heavy atom. The number of nitrogens with one attached hydrogen (secondary N) is 6. The van der Waals surface area contributed by atoms with Crippen LogP contribution in [0.1, 0.15) is 78.9 Å². The van der Waals surface area contributed by atoms with E-state index >= 15 is 0 Å². The first kappa shape index (κ1) is 39.0. The molecule has 62 heavy (non-hydrogen) atoms. The highest BCUT2D eigenvalue weighted by molar-refractivity contribution is 6.19. The van der Waals surface area contributed by atoms with Crippen LogP contribution >= 0.6 is 23.2 Å². The number of aromatic amines is 2. The van der Waals surface area contributed by atoms with Gasteiger partial charge in [0.25, 0.3) is 0 Å². The maximum absolute atomic E-state index is 11.9. The fraction of sp³-hybridized carbons (Fsp3) is 0.320. The number of ketones is 2. The SMILES string of the molecule is Cc1c[nH]c2c(O)cc3c(c12)[C@H](CCl)CN3.Cc1c[nH]c2c1[C@@]13C[C@@H]1CNC3=CC2=O.O=C1C=C2NC[C@H]3C[C@@]23c2ccccc21.Oc1cc2c(c3ccccc13)[C@H](CCl)CN2. The van der Waals surface area contributed by atoms with Crippen LogP contribution in [0.15, 0.2) is 96.6 Å². The number of carbonyl (C=O) groups excluding carboxylic acids is 2. The van der Waals surface area contributed by atoms with Crippen molar-refractivity contribution in [2.24, 2.45) is 11.8 Å². The highest BCUT2D eigenvalue weighted by atomic mass is 35.5. The van der Waals surface area contributed by atoms with Crippen molar-refractivity contribution in [1.29, 1.82) is 0 Å². The lowest BCUT2D eigenvalue weighted by Gasteiger charge is -2.23. The van der Waals surface area contributed by atoms with Gasteiger partial charge in [-0.15, -0.1) is 23.2 Å². The van der Waals surface area contributed by atoms with Gasteiger partial charge in [-0.3, -0.25) is 9.59 Å². The number of carbonyl (C=O) groups is 2. The predicted molar refractivity (Wildman–Crippen MR) is 247 cm³/mol. The van der Waals surface area contributed by atoms with E-state index in [0.29, 0.717) is 41.0 Å². The Kier molecular flexibility index (Phi) is 9.04. The molecule has 12 heteroatoms. The maximum Gasteiger partial charge on any atom is 0.204 e. The van der Waals surface area contributed by atoms with E-state index < -0.39 is 0 Å². The second-order valence-electron chi connectivity index (χ2n) is 18.1. The molecule has 6 heterocycles. The summed E-state index contributed by atoms with van der Waals surface area (Å²) in [6, 6.07) is 19.5. The first-order chi connectivity index (χ1) is 30.1. The molecular weight excluding hydrogens is 819 g/mol. The average molecular weight is 868 g/mol. The number of H-pyrrole nitrogens is 2. The molecule has 2 spiro atoms. The van der Waals surface area contributed by atoms with Crippen LogP contribution in [0.3, 0.4) is 0 Å². The summed E-state index contributed by atoms with van der Waals surface area (Å²) in [5, 5.41) is 36.3. The molecule has 6 aromatic rings. The summed E-state index contributed by atoms with van der Waals surface area (Å²) in [5.41, 5.74) is 14.7. The summed E-state index contributed by atoms with van der Waals surface area (Å²) >= 11 is 12.0. The lowest BCUT2D eigenvalue weighted by molar-refractivity contribution is 0.103. The van der Waals surface area contributed by atoms with Crippen molar-refractivity contribution in [3.8, 4) is 11.5 Å². The number of hydrogen-bond acceptors (Lipinski definition) is 8. The zero-order chi connectivity index (χ0) is 42.7. The van der Waals surface area contributed by atoms with E-state index in [9.17, 15) is 19.8 Å². The summed E-state index contributed by atoms with van der Waals surface area (Å²) in [4.78, 5) is 30.0. The number of aryl methyl sites for hydroxylation is 2. The van der Waals surface area contributed by atoms with Crippen molar-refractivity contribution in [2.45, 2.75) is 49.4 Å². The van der Waals surface area contributed by atoms with Crippen molar-refractivity contribution in [2.75, 3.05) is 48.6 Å². The minimum absolute atomic E-state index is 0.124. The lowest BCUT2D eigenvalue weighted by Crippen LogP contribution is -2.25. The van der Waals surface area contributed by atoms with Gasteiger partial charge in [-0.05, 0) is 77.3 Å². The molecule has 6 atom stereocenters. The van der Waals surface area contributed by atoms with Crippen LogP contribution in [-0.4, -0.2) is 69.7 Å². The minimum Gasteiger partial charge on any atom is -0.507 e. The first-order valence-corrected chi connectivity index (χ1v) is 22.6. The molecule has 14 rings (SSSR count). The van der Waals surface area contributed by atoms with Crippen LogP contribution in [0, 0.1) is 25.7 Å². The number of hydrogen-bond donors (Lipinski definition) is 8. The smallest absolute Gasteiger partial charge is 0.204 e. The van der Waals surface area contributed by atoms with Gasteiger partial charge in [-0.2, -0.15) is 0 Å². The molecule has 2 saturated carbocycles. The molecule has 8 N–H and O–H groups in total. The van der Waals surface area contributed by atoms with Gasteiger partial charge in [-0.25, -0.2) is 0 Å². The third kappa shape index (κ3) is 5.68. The average Bonchev–Trinajstić information content (AvgIpc) is 3.63. The van der Waals surface area contributed by atoms with Gasteiger partial charge in [0.05, 0.1) is 11.2 Å². The number of benzene rings is 4. The van der Waals surface area contributed by atoms with Crippen LogP contribution < -0.4 is 21.3 Å². The molecule has 0 bridgehead atoms. The molecule has 0 amide bonds. The Labute approximate surface area is 369 Å². The van der Waals surface area contributed by atoms with Gasteiger partial charge in [0, 0.05) is 136 Å². The van der Waals surface area contributed by atoms with E-state index in [1.54, 1.807) is 24.3 Å². The van der Waals surface area contributed by atoms with E-state index in [0.717, 1.165) is 93.4 Å². The second kappa shape index (κ2) is 14.4. The van der Waals surface area contributed by atoms with Gasteiger partial charge in [0.1, 0.15) is 11.5 Å². The molecule has 10 nitrogen and oxygen atoms in total. The Hall–Kier alpha value is -5.84. The Morgan fingerprint density at radius 3 is 1.98 bits per heavy atom. The molecule has 4 aliphatic carbocycles. The van der Waals surface area contributed by atoms with Crippen molar-refractivity contribution in [1.82, 2.24) is 20.6 Å². The highest BCUT2D eigenvalue weighted by Gasteiger charge is 2.65. The Balaban J connectivity index is 0.0000000929. The molecule has 2 aromatic heterocycles. The van der Waals surface area contributed by atoms with Crippen molar-refractivity contribution in [3.63, 3.8) is 0 Å². The van der Waals surface area contributed by atoms with Gasteiger partial charge in [0.15, 0.2) is 5.78 Å². The molecule has 4 fully saturated rings. The largest absolute Gasteiger partial charge is 0.507 e. The van der Waals surface area contributed by atoms with Gasteiger partial charge < -0.3 is 41.4 Å². The zero-order valence-electron chi connectivity index (χ0n) is 34.5. The number of phenols is 2. The molecule has 0 radical (unpaired) electrons. The number of fused-ring (bicyclic) bond motifs is 8. The third-order valence-electron chi connectivity index (χ3n) is 14.7. The van der Waals surface area contributed by atoms with Crippen LogP contribution in [0.2, 0.25) is 0 Å². The third-order valence-corrected chi connectivity index (χ3v) is 15.5. The first-order valence-electron chi connectivity index (χ1n) is 21.6. The summed E-state index contributed by atoms with van der Waals surface area (Å²) in [7, 11) is 0. The van der Waals surface area contributed by atoms with Crippen LogP contribution in [0.25, 0.3) is 21.7 Å². The number of phenolic OH excluding ortho intramolecular Hbond substituents is 2. The normalized spacial score (nSPS) is 26.5. The highest BCUT2D eigenvalue weighted by Crippen LogP contribution is 2.65. The Bertz CT molecular complexity index is 2950. The van der Waals surface area contributed by atoms with E-state index in [1.807, 2.05) is 61.8 Å². The van der Waals surface area contributed by atoms with Crippen molar-refractivity contribution < 1.29 is 19.8 Å². The van der Waals surface area contributed by atoms with E-state index in [-0.39, 0.29) is 22.4 Å². The van der Waals surface area contributed by atoms with Crippen molar-refractivity contribution >= 4 is 67.8 Å². The number of anilines is 2. The molecule has 0 unspecified atom stereocenters. The van der Waals surface area contributed by atoms with Gasteiger partial charge in [0.2, 0.25) is 5.78 Å². The summed E-state index contributed by atoms with van der Waals surface area (Å²) in [5.74, 6) is 4.21. The zero-order valence-corrected chi connectivity index (χ0v) is 36.0. The van der Waals surface area contributed by atoms with E-state index in [4.69, 9.17) is 23.2 Å². The number of alkyl halides is 2. The summed E-state index contributed by atoms with van der Waals surface area (Å²) in [6.07, 6.45) is 9.90. The number of allylic oxidation sites excluding steroid dienone is 4. The Morgan fingerprint density at radius 1 is 0.661 bits per heavy atom. The standard InChI is InChI=1S/C13H12ClNO.C13H11NO.C12H13ClN2O.C12H12N2O/c14-6-8-7-15-11-5-12(16)9-3-1-2-4-10(9)13(8)11;15-11-5-12-13(6-8(13)7-14-12)10-4-2-1-3-9(10)11;1-6-4-15-12-9(16)2-8-11(10(6)12)7(3-13)5-14-8;1-6-4-14-11-8(15)2-9-12(10(6)11)3-7(12)5-13-9/h1-5,8,15-16H,6-7H2;1-5,8,14H,6-7H2;2,4,7,14-16H,3,5H2,1H3;2,4,7,13-14H,3,5H2,1H3/t8-;8-,13-;7-;7-,12+/m1111/s1. The molecule has 4 aliphatic heterocycles. The summed E-state index contributed by atoms with van der Waals surface area (Å²) < 4.78 is 0. The fourth-order valence-corrected chi connectivity index (χ4v) is 12.1. The number of aromatic hydroxyl groups is 2. The molecule has 316 valence electrons. The number of rotatable bonds is 2. The van der Waals surface area contributed by atoms with Crippen molar-refractivity contribution in [3.05, 3.63) is 141 Å². The van der Waals surface area contributed by atoms with Crippen LogP contribution in [0.4, 0.5) is 11.4 Å². The fourth-order valence-electron chi connectivity index (χ4n) is 11.6. The molecule has 4 aromatic carbocycles. The predicted octanol–water partition coefficient (Wildman–Crippen LogP) is 9.12.